The number of anilines is 1. The van der Waals surface area contributed by atoms with Gasteiger partial charge in [-0.15, -0.1) is 0 Å². The fourth-order valence-electron chi connectivity index (χ4n) is 3.47. The van der Waals surface area contributed by atoms with Gasteiger partial charge in [0.25, 0.3) is 0 Å². The number of amides is 1. The third-order valence-electron chi connectivity index (χ3n) is 4.76. The number of sulfonamides is 1. The van der Waals surface area contributed by atoms with Crippen LogP contribution in [0.2, 0.25) is 0 Å². The van der Waals surface area contributed by atoms with Gasteiger partial charge in [0, 0.05) is 24.1 Å². The highest BCUT2D eigenvalue weighted by Gasteiger charge is 2.35. The Bertz CT molecular complexity index is 1080. The van der Waals surface area contributed by atoms with E-state index in [0.717, 1.165) is 17.4 Å². The fraction of sp³-hybridized carbons (Fsp3) is 0.333. The van der Waals surface area contributed by atoms with Crippen molar-refractivity contribution in [2.24, 2.45) is 5.10 Å². The maximum atomic E-state index is 12.6. The lowest BCUT2D eigenvalue weighted by molar-refractivity contribution is -0.132. The first-order chi connectivity index (χ1) is 14.3. The van der Waals surface area contributed by atoms with Crippen LogP contribution in [0.5, 0.6) is 11.5 Å². The summed E-state index contributed by atoms with van der Waals surface area (Å²) in [6.45, 7) is 1.78. The average Bonchev–Trinajstić information content (AvgIpc) is 3.16. The number of benzene rings is 2. The van der Waals surface area contributed by atoms with Crippen molar-refractivity contribution in [2.45, 2.75) is 25.8 Å². The number of methoxy groups -OCH3 is 2. The van der Waals surface area contributed by atoms with Gasteiger partial charge in [-0.3, -0.25) is 9.52 Å². The van der Waals surface area contributed by atoms with Gasteiger partial charge >= 0.3 is 0 Å². The predicted molar refractivity (Wildman–Crippen MR) is 115 cm³/mol. The van der Waals surface area contributed by atoms with E-state index in [4.69, 9.17) is 9.47 Å². The number of nitrogens with zero attached hydrogens (tertiary/aromatic N) is 2. The highest BCUT2D eigenvalue weighted by Crippen LogP contribution is 2.42. The number of hydrogen-bond donors (Lipinski definition) is 1. The Kier molecular flexibility index (Phi) is 6.31. The van der Waals surface area contributed by atoms with E-state index in [0.29, 0.717) is 35.7 Å². The minimum Gasteiger partial charge on any atom is -0.493 e. The normalized spacial score (nSPS) is 16.2. The summed E-state index contributed by atoms with van der Waals surface area (Å²) in [5.41, 5.74) is 2.65. The fourth-order valence-corrected chi connectivity index (χ4v) is 4.02. The maximum absolute atomic E-state index is 12.6. The summed E-state index contributed by atoms with van der Waals surface area (Å²) in [4.78, 5) is 12.6. The zero-order chi connectivity index (χ0) is 21.9. The molecule has 9 heteroatoms. The van der Waals surface area contributed by atoms with Crippen molar-refractivity contribution in [2.75, 3.05) is 25.2 Å². The molecule has 2 aromatic rings. The van der Waals surface area contributed by atoms with E-state index >= 15 is 0 Å². The molecule has 1 heterocycles. The highest BCUT2D eigenvalue weighted by atomic mass is 32.2. The lowest BCUT2D eigenvalue weighted by Crippen LogP contribution is -2.26. The molecule has 0 spiro atoms. The second kappa shape index (κ2) is 8.74. The molecule has 2 aromatic carbocycles. The molecule has 0 bridgehead atoms. The van der Waals surface area contributed by atoms with Crippen molar-refractivity contribution < 1.29 is 22.7 Å². The molecule has 8 nitrogen and oxygen atoms in total. The molecule has 0 fully saturated rings. The molecule has 0 aliphatic carbocycles. The Morgan fingerprint density at radius 2 is 1.93 bits per heavy atom. The van der Waals surface area contributed by atoms with Gasteiger partial charge in [-0.05, 0) is 23.8 Å². The Morgan fingerprint density at radius 1 is 1.20 bits per heavy atom. The lowest BCUT2D eigenvalue weighted by Gasteiger charge is -2.24. The van der Waals surface area contributed by atoms with Gasteiger partial charge in [0.1, 0.15) is 0 Å². The number of carbonyl (C=O) groups excluding carboxylic acids is 1. The second-order valence-electron chi connectivity index (χ2n) is 6.90. The minimum atomic E-state index is -3.40. The van der Waals surface area contributed by atoms with E-state index in [1.165, 1.54) is 5.01 Å². The highest BCUT2D eigenvalue weighted by molar-refractivity contribution is 7.92. The molecule has 1 aliphatic heterocycles. The van der Waals surface area contributed by atoms with Crippen LogP contribution in [0.25, 0.3) is 0 Å². The molecule has 0 saturated carbocycles. The van der Waals surface area contributed by atoms with Crippen LogP contribution in [0.4, 0.5) is 5.69 Å². The van der Waals surface area contributed by atoms with Crippen LogP contribution in [0.1, 0.15) is 36.9 Å². The molecule has 0 aromatic heterocycles. The van der Waals surface area contributed by atoms with E-state index in [1.807, 2.05) is 18.2 Å². The van der Waals surface area contributed by atoms with Gasteiger partial charge in [-0.25, -0.2) is 13.4 Å². The molecule has 0 saturated heterocycles. The maximum Gasteiger partial charge on any atom is 0.242 e. The third-order valence-corrected chi connectivity index (χ3v) is 5.37. The van der Waals surface area contributed by atoms with Crippen LogP contribution in [0.3, 0.4) is 0 Å². The molecule has 160 valence electrons. The Balaban J connectivity index is 2.01. The van der Waals surface area contributed by atoms with E-state index < -0.39 is 10.0 Å². The van der Waals surface area contributed by atoms with Crippen LogP contribution in [-0.2, 0) is 14.8 Å². The predicted octanol–water partition coefficient (Wildman–Crippen LogP) is 3.16. The first kappa shape index (κ1) is 21.6. The molecule has 0 unspecified atom stereocenters. The van der Waals surface area contributed by atoms with Crippen molar-refractivity contribution in [1.29, 1.82) is 0 Å². The van der Waals surface area contributed by atoms with Gasteiger partial charge in [0.05, 0.1) is 32.2 Å². The lowest BCUT2D eigenvalue weighted by atomic mass is 9.97. The summed E-state index contributed by atoms with van der Waals surface area (Å²) in [5, 5.41) is 6.06. The largest absolute Gasteiger partial charge is 0.493 e. The molecule has 1 amide bonds. The molecule has 3 rings (SSSR count). The minimum absolute atomic E-state index is 0.120. The first-order valence-electron chi connectivity index (χ1n) is 9.46. The SMILES string of the molecule is CCC(=O)N1N=C(c2cccc(NS(C)(=O)=O)c2)C[C@@H]1c1cccc(OC)c1OC. The van der Waals surface area contributed by atoms with Crippen LogP contribution in [-0.4, -0.2) is 45.5 Å². The van der Waals surface area contributed by atoms with Crippen LogP contribution < -0.4 is 14.2 Å². The Morgan fingerprint density at radius 3 is 2.57 bits per heavy atom. The Labute approximate surface area is 176 Å². The van der Waals surface area contributed by atoms with Gasteiger partial charge in [-0.1, -0.05) is 31.2 Å². The van der Waals surface area contributed by atoms with E-state index in [-0.39, 0.29) is 11.9 Å². The second-order valence-corrected chi connectivity index (χ2v) is 8.64. The number of rotatable bonds is 7. The summed E-state index contributed by atoms with van der Waals surface area (Å²) < 4.78 is 36.6. The summed E-state index contributed by atoms with van der Waals surface area (Å²) in [7, 11) is -0.278. The standard InChI is InChI=1S/C21H25N3O5S/c1-5-20(25)24-18(16-10-7-11-19(28-2)21(16)29-3)13-17(22-24)14-8-6-9-15(12-14)23-30(4,26)27/h6-12,18,23H,5,13H2,1-4H3/t18-/m1/s1. The van der Waals surface area contributed by atoms with Crippen LogP contribution in [0.15, 0.2) is 47.6 Å². The van der Waals surface area contributed by atoms with Gasteiger partial charge < -0.3 is 9.47 Å². The van der Waals surface area contributed by atoms with Crippen molar-refractivity contribution in [3.05, 3.63) is 53.6 Å². The molecule has 1 N–H and O–H groups in total. The van der Waals surface area contributed by atoms with E-state index in [1.54, 1.807) is 45.4 Å². The third kappa shape index (κ3) is 4.56. The van der Waals surface area contributed by atoms with Crippen molar-refractivity contribution in [3.63, 3.8) is 0 Å². The monoisotopic (exact) mass is 431 g/mol. The Hall–Kier alpha value is -3.07. The molecular formula is C21H25N3O5S. The summed E-state index contributed by atoms with van der Waals surface area (Å²) >= 11 is 0. The van der Waals surface area contributed by atoms with Crippen LogP contribution in [0, 0.1) is 0 Å². The molecule has 1 atom stereocenters. The number of para-hydroxylation sites is 1. The molecule has 30 heavy (non-hydrogen) atoms. The van der Waals surface area contributed by atoms with Crippen molar-refractivity contribution >= 4 is 27.3 Å². The van der Waals surface area contributed by atoms with Gasteiger partial charge in [0.2, 0.25) is 15.9 Å². The molecule has 0 radical (unpaired) electrons. The summed E-state index contributed by atoms with van der Waals surface area (Å²) in [6.07, 6.45) is 1.85. The van der Waals surface area contributed by atoms with Gasteiger partial charge in [-0.2, -0.15) is 5.10 Å². The summed E-state index contributed by atoms with van der Waals surface area (Å²) in [5.74, 6) is 1.01. The zero-order valence-corrected chi connectivity index (χ0v) is 18.2. The smallest absolute Gasteiger partial charge is 0.242 e. The number of carbonyl (C=O) groups is 1. The quantitative estimate of drug-likeness (QED) is 0.726. The number of hydrazone groups is 1. The van der Waals surface area contributed by atoms with Crippen molar-refractivity contribution in [1.82, 2.24) is 5.01 Å². The zero-order valence-electron chi connectivity index (χ0n) is 17.4. The first-order valence-corrected chi connectivity index (χ1v) is 11.3. The number of hydrogen-bond acceptors (Lipinski definition) is 6. The number of ether oxygens (including phenoxy) is 2. The van der Waals surface area contributed by atoms with Crippen molar-refractivity contribution in [3.8, 4) is 11.5 Å². The molecule has 1 aliphatic rings. The van der Waals surface area contributed by atoms with Gasteiger partial charge in [0.15, 0.2) is 11.5 Å². The number of nitrogens with one attached hydrogen (secondary N) is 1. The summed E-state index contributed by atoms with van der Waals surface area (Å²) in [6, 6.07) is 12.1. The van der Waals surface area contributed by atoms with E-state index in [2.05, 4.69) is 9.82 Å². The molecular weight excluding hydrogens is 406 g/mol. The van der Waals surface area contributed by atoms with E-state index in [9.17, 15) is 13.2 Å². The van der Waals surface area contributed by atoms with Crippen LogP contribution >= 0.6 is 0 Å². The topological polar surface area (TPSA) is 97.3 Å². The average molecular weight is 432 g/mol.